The van der Waals surface area contributed by atoms with Crippen LogP contribution >= 0.6 is 0 Å². The average Bonchev–Trinajstić information content (AvgIpc) is 2.47. The minimum Gasteiger partial charge on any atom is -0.481 e. The van der Waals surface area contributed by atoms with Crippen molar-refractivity contribution in [3.8, 4) is 0 Å². The molecule has 1 aromatic heterocycles. The molecule has 104 valence electrons. The summed E-state index contributed by atoms with van der Waals surface area (Å²) in [6, 6.07) is 6.67. The smallest absolute Gasteiger partial charge is 0.308 e. The molecule has 20 heavy (non-hydrogen) atoms. The van der Waals surface area contributed by atoms with Crippen LogP contribution in [-0.4, -0.2) is 29.1 Å². The van der Waals surface area contributed by atoms with Crippen LogP contribution in [0, 0.1) is 11.7 Å². The van der Waals surface area contributed by atoms with Crippen molar-refractivity contribution in [1.29, 1.82) is 0 Å². The molecule has 1 aliphatic rings. The summed E-state index contributed by atoms with van der Waals surface area (Å²) in [6.07, 6.45) is 3.09. The third-order valence-corrected chi connectivity index (χ3v) is 3.79. The fourth-order valence-corrected chi connectivity index (χ4v) is 2.78. The van der Waals surface area contributed by atoms with Gasteiger partial charge < -0.3 is 10.0 Å². The van der Waals surface area contributed by atoms with E-state index < -0.39 is 11.9 Å². The van der Waals surface area contributed by atoms with E-state index in [9.17, 15) is 9.18 Å². The van der Waals surface area contributed by atoms with E-state index in [1.807, 2.05) is 11.0 Å². The van der Waals surface area contributed by atoms with E-state index in [0.29, 0.717) is 30.7 Å². The number of aromatic nitrogens is 1. The predicted octanol–water partition coefficient (Wildman–Crippen LogP) is 2.67. The van der Waals surface area contributed by atoms with Crippen LogP contribution in [0.25, 0.3) is 10.8 Å². The van der Waals surface area contributed by atoms with Crippen molar-refractivity contribution in [2.45, 2.75) is 12.8 Å². The van der Waals surface area contributed by atoms with E-state index in [4.69, 9.17) is 5.11 Å². The van der Waals surface area contributed by atoms with E-state index >= 15 is 0 Å². The summed E-state index contributed by atoms with van der Waals surface area (Å²) >= 11 is 0. The first-order valence-corrected chi connectivity index (χ1v) is 6.68. The Morgan fingerprint density at radius 1 is 1.40 bits per heavy atom. The lowest BCUT2D eigenvalue weighted by atomic mass is 9.98. The van der Waals surface area contributed by atoms with Crippen molar-refractivity contribution in [2.75, 3.05) is 18.0 Å². The molecule has 1 aromatic carbocycles. The van der Waals surface area contributed by atoms with Crippen molar-refractivity contribution >= 4 is 22.6 Å². The Morgan fingerprint density at radius 3 is 3.05 bits per heavy atom. The standard InChI is InChI=1S/C15H15FN2O2/c16-12-5-1-3-10-6-7-17-14(13(10)12)18-8-2-4-11(9-18)15(19)20/h1,3,5-7,11H,2,4,8-9H2,(H,19,20). The zero-order valence-corrected chi connectivity index (χ0v) is 10.9. The normalized spacial score (nSPS) is 19.2. The van der Waals surface area contributed by atoms with Crippen LogP contribution in [0.5, 0.6) is 0 Å². The van der Waals surface area contributed by atoms with E-state index in [2.05, 4.69) is 4.98 Å². The van der Waals surface area contributed by atoms with Crippen molar-refractivity contribution in [3.63, 3.8) is 0 Å². The molecular formula is C15H15FN2O2. The summed E-state index contributed by atoms with van der Waals surface area (Å²) in [5, 5.41) is 10.4. The predicted molar refractivity (Wildman–Crippen MR) is 74.3 cm³/mol. The van der Waals surface area contributed by atoms with Gasteiger partial charge in [0.15, 0.2) is 0 Å². The van der Waals surface area contributed by atoms with Gasteiger partial charge in [-0.1, -0.05) is 12.1 Å². The first-order valence-electron chi connectivity index (χ1n) is 6.68. The molecule has 2 heterocycles. The number of hydrogen-bond donors (Lipinski definition) is 1. The molecule has 0 saturated carbocycles. The molecule has 1 unspecified atom stereocenters. The van der Waals surface area contributed by atoms with E-state index in [1.54, 1.807) is 18.3 Å². The zero-order valence-electron chi connectivity index (χ0n) is 10.9. The number of rotatable bonds is 2. The van der Waals surface area contributed by atoms with Gasteiger partial charge in [-0.2, -0.15) is 0 Å². The molecule has 2 aromatic rings. The molecule has 5 heteroatoms. The maximum Gasteiger partial charge on any atom is 0.308 e. The summed E-state index contributed by atoms with van der Waals surface area (Å²) < 4.78 is 14.1. The van der Waals surface area contributed by atoms with E-state index in [-0.39, 0.29) is 5.82 Å². The number of hydrogen-bond acceptors (Lipinski definition) is 3. The van der Waals surface area contributed by atoms with Crippen molar-refractivity contribution < 1.29 is 14.3 Å². The van der Waals surface area contributed by atoms with Gasteiger partial charge in [-0.15, -0.1) is 0 Å². The Labute approximate surface area is 115 Å². The van der Waals surface area contributed by atoms with Crippen LogP contribution in [-0.2, 0) is 4.79 Å². The quantitative estimate of drug-likeness (QED) is 0.914. The van der Waals surface area contributed by atoms with Crippen molar-refractivity contribution in [3.05, 3.63) is 36.3 Å². The Hall–Kier alpha value is -2.17. The average molecular weight is 274 g/mol. The number of aliphatic carboxylic acids is 1. The van der Waals surface area contributed by atoms with Crippen LogP contribution in [0.2, 0.25) is 0 Å². The van der Waals surface area contributed by atoms with Gasteiger partial charge in [0.2, 0.25) is 0 Å². The highest BCUT2D eigenvalue weighted by molar-refractivity contribution is 5.92. The molecule has 0 spiro atoms. The molecule has 4 nitrogen and oxygen atoms in total. The highest BCUT2D eigenvalue weighted by atomic mass is 19.1. The van der Waals surface area contributed by atoms with Gasteiger partial charge in [-0.05, 0) is 30.4 Å². The highest BCUT2D eigenvalue weighted by Crippen LogP contribution is 2.30. The maximum absolute atomic E-state index is 14.1. The fourth-order valence-electron chi connectivity index (χ4n) is 2.78. The number of carboxylic acids is 1. The monoisotopic (exact) mass is 274 g/mol. The minimum absolute atomic E-state index is 0.317. The van der Waals surface area contributed by atoms with Crippen molar-refractivity contribution in [2.24, 2.45) is 5.92 Å². The molecular weight excluding hydrogens is 259 g/mol. The largest absolute Gasteiger partial charge is 0.481 e. The Bertz CT molecular complexity index is 654. The number of piperidine rings is 1. The number of carbonyl (C=O) groups is 1. The Morgan fingerprint density at radius 2 is 2.25 bits per heavy atom. The first kappa shape index (κ1) is 12.8. The van der Waals surface area contributed by atoms with Crippen LogP contribution in [0.3, 0.4) is 0 Å². The van der Waals surface area contributed by atoms with E-state index in [1.165, 1.54) is 6.07 Å². The van der Waals surface area contributed by atoms with Gasteiger partial charge in [-0.25, -0.2) is 9.37 Å². The zero-order chi connectivity index (χ0) is 14.1. The second-order valence-corrected chi connectivity index (χ2v) is 5.10. The molecule has 1 atom stereocenters. The number of nitrogens with zero attached hydrogens (tertiary/aromatic N) is 2. The van der Waals surface area contributed by atoms with E-state index in [0.717, 1.165) is 11.8 Å². The summed E-state index contributed by atoms with van der Waals surface area (Å²) in [6.45, 7) is 1.10. The molecule has 1 N–H and O–H groups in total. The molecule has 0 radical (unpaired) electrons. The summed E-state index contributed by atoms with van der Waals surface area (Å²) in [7, 11) is 0. The second-order valence-electron chi connectivity index (χ2n) is 5.10. The van der Waals surface area contributed by atoms with Gasteiger partial charge in [0, 0.05) is 19.3 Å². The summed E-state index contributed by atoms with van der Waals surface area (Å²) in [4.78, 5) is 17.3. The molecule has 0 amide bonds. The first-order chi connectivity index (χ1) is 9.66. The molecule has 1 fully saturated rings. The number of benzene rings is 1. The molecule has 3 rings (SSSR count). The Balaban J connectivity index is 2.03. The van der Waals surface area contributed by atoms with Gasteiger partial charge in [0.05, 0.1) is 11.3 Å². The molecule has 1 saturated heterocycles. The lowest BCUT2D eigenvalue weighted by Gasteiger charge is -2.32. The van der Waals surface area contributed by atoms with Gasteiger partial charge in [0.25, 0.3) is 0 Å². The third-order valence-electron chi connectivity index (χ3n) is 3.79. The summed E-state index contributed by atoms with van der Waals surface area (Å²) in [5.74, 6) is -0.974. The SMILES string of the molecule is O=C(O)C1CCCN(c2nccc3cccc(F)c23)C1. The second kappa shape index (κ2) is 5.07. The van der Waals surface area contributed by atoms with Crippen molar-refractivity contribution in [1.82, 2.24) is 4.98 Å². The number of pyridine rings is 1. The number of carboxylic acid groups (broad SMARTS) is 1. The number of fused-ring (bicyclic) bond motifs is 1. The van der Waals surface area contributed by atoms with Crippen LogP contribution < -0.4 is 4.90 Å². The third kappa shape index (κ3) is 2.19. The molecule has 0 aliphatic carbocycles. The van der Waals surface area contributed by atoms with Crippen LogP contribution in [0.4, 0.5) is 10.2 Å². The number of anilines is 1. The fraction of sp³-hybridized carbons (Fsp3) is 0.333. The van der Waals surface area contributed by atoms with Crippen LogP contribution in [0.1, 0.15) is 12.8 Å². The minimum atomic E-state index is -0.796. The number of halogens is 1. The lowest BCUT2D eigenvalue weighted by Crippen LogP contribution is -2.39. The summed E-state index contributed by atoms with van der Waals surface area (Å²) in [5.41, 5.74) is 0. The molecule has 0 bridgehead atoms. The van der Waals surface area contributed by atoms with Crippen LogP contribution in [0.15, 0.2) is 30.5 Å². The molecule has 1 aliphatic heterocycles. The van der Waals surface area contributed by atoms with Gasteiger partial charge >= 0.3 is 5.97 Å². The Kier molecular flexibility index (Phi) is 3.26. The van der Waals surface area contributed by atoms with Gasteiger partial charge in [0.1, 0.15) is 11.6 Å². The topological polar surface area (TPSA) is 53.4 Å². The highest BCUT2D eigenvalue weighted by Gasteiger charge is 2.27. The van der Waals surface area contributed by atoms with Gasteiger partial charge in [-0.3, -0.25) is 4.79 Å². The maximum atomic E-state index is 14.1. The lowest BCUT2D eigenvalue weighted by molar-refractivity contribution is -0.141.